The molecule has 2 fully saturated rings. The van der Waals surface area contributed by atoms with Crippen LogP contribution in [0.25, 0.3) is 10.8 Å². The van der Waals surface area contributed by atoms with Crippen molar-refractivity contribution in [3.63, 3.8) is 0 Å². The zero-order valence-corrected chi connectivity index (χ0v) is 18.7. The zero-order valence-electron chi connectivity index (χ0n) is 18.7. The van der Waals surface area contributed by atoms with Gasteiger partial charge in [-0.3, -0.25) is 4.79 Å². The van der Waals surface area contributed by atoms with E-state index in [4.69, 9.17) is 4.98 Å². The standard InChI is InChI=1S/C27H32N4O/c32-27(29-23-8-4-1-2-5-9-23)22-13-12-21-14-15-28-26(25(21)20-22)31-18-16-30(17-19-31)24-10-6-3-7-11-24/h3,6-7,10-15,20,23H,1-2,4-5,8-9,16-19H2,(H,29,32). The Balaban J connectivity index is 1.33. The van der Waals surface area contributed by atoms with Crippen molar-refractivity contribution >= 4 is 28.2 Å². The summed E-state index contributed by atoms with van der Waals surface area (Å²) < 4.78 is 0. The second-order valence-corrected chi connectivity index (χ2v) is 9.04. The summed E-state index contributed by atoms with van der Waals surface area (Å²) >= 11 is 0. The van der Waals surface area contributed by atoms with Gasteiger partial charge in [0.25, 0.3) is 5.91 Å². The van der Waals surface area contributed by atoms with E-state index in [1.54, 1.807) is 0 Å². The Morgan fingerprint density at radius 2 is 1.56 bits per heavy atom. The topological polar surface area (TPSA) is 48.5 Å². The van der Waals surface area contributed by atoms with Crippen molar-refractivity contribution in [3.8, 4) is 0 Å². The maximum absolute atomic E-state index is 13.0. The Kier molecular flexibility index (Phi) is 6.24. The van der Waals surface area contributed by atoms with E-state index in [9.17, 15) is 4.79 Å². The van der Waals surface area contributed by atoms with Crippen LogP contribution >= 0.6 is 0 Å². The number of carbonyl (C=O) groups is 1. The second-order valence-electron chi connectivity index (χ2n) is 9.04. The summed E-state index contributed by atoms with van der Waals surface area (Å²) in [5, 5.41) is 5.48. The third kappa shape index (κ3) is 4.57. The fourth-order valence-electron chi connectivity index (χ4n) is 5.05. The third-order valence-corrected chi connectivity index (χ3v) is 6.90. The molecule has 1 saturated heterocycles. The fraction of sp³-hybridized carbons (Fsp3) is 0.407. The highest BCUT2D eigenvalue weighted by Gasteiger charge is 2.21. The molecule has 3 aromatic rings. The van der Waals surface area contributed by atoms with Gasteiger partial charge in [0.2, 0.25) is 0 Å². The fourth-order valence-corrected chi connectivity index (χ4v) is 5.05. The Morgan fingerprint density at radius 3 is 2.31 bits per heavy atom. The molecule has 1 aliphatic carbocycles. The number of pyridine rings is 1. The number of nitrogens with zero attached hydrogens (tertiary/aromatic N) is 3. The van der Waals surface area contributed by atoms with Gasteiger partial charge in [-0.1, -0.05) is 49.9 Å². The molecule has 1 aromatic heterocycles. The molecule has 2 aromatic carbocycles. The summed E-state index contributed by atoms with van der Waals surface area (Å²) in [6.45, 7) is 3.76. The van der Waals surface area contributed by atoms with Gasteiger partial charge in [-0.05, 0) is 48.6 Å². The number of anilines is 2. The van der Waals surface area contributed by atoms with Crippen LogP contribution in [0.4, 0.5) is 11.5 Å². The number of hydrogen-bond acceptors (Lipinski definition) is 4. The summed E-state index contributed by atoms with van der Waals surface area (Å²) in [6, 6.07) is 19.0. The van der Waals surface area contributed by atoms with Crippen molar-refractivity contribution in [3.05, 3.63) is 66.4 Å². The minimum Gasteiger partial charge on any atom is -0.368 e. The van der Waals surface area contributed by atoms with Crippen LogP contribution in [0, 0.1) is 0 Å². The van der Waals surface area contributed by atoms with Crippen molar-refractivity contribution in [2.75, 3.05) is 36.0 Å². The molecule has 0 atom stereocenters. The van der Waals surface area contributed by atoms with E-state index in [0.717, 1.165) is 61.2 Å². The normalized spacial score (nSPS) is 17.9. The molecule has 166 valence electrons. The largest absolute Gasteiger partial charge is 0.368 e. The van der Waals surface area contributed by atoms with Gasteiger partial charge in [-0.2, -0.15) is 0 Å². The molecule has 32 heavy (non-hydrogen) atoms. The van der Waals surface area contributed by atoms with E-state index in [2.05, 4.69) is 51.5 Å². The monoisotopic (exact) mass is 428 g/mol. The van der Waals surface area contributed by atoms with Crippen molar-refractivity contribution in [2.45, 2.75) is 44.6 Å². The maximum Gasteiger partial charge on any atom is 0.251 e. The molecule has 5 rings (SSSR count). The van der Waals surface area contributed by atoms with Gasteiger partial charge in [0, 0.05) is 55.1 Å². The lowest BCUT2D eigenvalue weighted by molar-refractivity contribution is 0.0933. The molecular weight excluding hydrogens is 396 g/mol. The highest BCUT2D eigenvalue weighted by atomic mass is 16.1. The number of carbonyl (C=O) groups excluding carboxylic acids is 1. The van der Waals surface area contributed by atoms with Crippen LogP contribution in [0.2, 0.25) is 0 Å². The molecule has 0 unspecified atom stereocenters. The highest BCUT2D eigenvalue weighted by molar-refractivity contribution is 6.01. The van der Waals surface area contributed by atoms with Crippen LogP contribution in [0.15, 0.2) is 60.8 Å². The minimum absolute atomic E-state index is 0.0440. The van der Waals surface area contributed by atoms with Crippen molar-refractivity contribution < 1.29 is 4.79 Å². The first-order valence-corrected chi connectivity index (χ1v) is 12.0. The Morgan fingerprint density at radius 1 is 0.844 bits per heavy atom. The Hall–Kier alpha value is -3.08. The summed E-state index contributed by atoms with van der Waals surface area (Å²) in [5.74, 6) is 1.03. The number of piperazine rings is 1. The van der Waals surface area contributed by atoms with Gasteiger partial charge in [0.15, 0.2) is 0 Å². The average molecular weight is 429 g/mol. The minimum atomic E-state index is 0.0440. The van der Waals surface area contributed by atoms with Crippen LogP contribution in [-0.4, -0.2) is 43.1 Å². The van der Waals surface area contributed by atoms with Crippen molar-refractivity contribution in [2.24, 2.45) is 0 Å². The van der Waals surface area contributed by atoms with E-state index >= 15 is 0 Å². The number of rotatable bonds is 4. The van der Waals surface area contributed by atoms with Crippen molar-refractivity contribution in [1.29, 1.82) is 0 Å². The zero-order chi connectivity index (χ0) is 21.8. The van der Waals surface area contributed by atoms with Gasteiger partial charge < -0.3 is 15.1 Å². The first kappa shape index (κ1) is 20.8. The molecule has 1 saturated carbocycles. The van der Waals surface area contributed by atoms with Gasteiger partial charge >= 0.3 is 0 Å². The van der Waals surface area contributed by atoms with Gasteiger partial charge in [-0.25, -0.2) is 4.98 Å². The van der Waals surface area contributed by atoms with Gasteiger partial charge in [0.05, 0.1) is 0 Å². The molecular formula is C27H32N4O. The number of fused-ring (bicyclic) bond motifs is 1. The average Bonchev–Trinajstić information content (AvgIpc) is 3.12. The van der Waals surface area contributed by atoms with Crippen LogP contribution in [-0.2, 0) is 0 Å². The van der Waals surface area contributed by atoms with Crippen molar-refractivity contribution in [1.82, 2.24) is 10.3 Å². The lowest BCUT2D eigenvalue weighted by Crippen LogP contribution is -2.46. The second kappa shape index (κ2) is 9.60. The number of benzene rings is 2. The molecule has 5 heteroatoms. The maximum atomic E-state index is 13.0. The van der Waals surface area contributed by atoms with Crippen LogP contribution in [0.5, 0.6) is 0 Å². The predicted octanol–water partition coefficient (Wildman–Crippen LogP) is 5.01. The van der Waals surface area contributed by atoms with E-state index in [-0.39, 0.29) is 5.91 Å². The van der Waals surface area contributed by atoms with E-state index in [1.165, 1.54) is 31.4 Å². The third-order valence-electron chi connectivity index (χ3n) is 6.90. The molecule has 2 heterocycles. The molecule has 1 amide bonds. The number of amides is 1. The summed E-state index contributed by atoms with van der Waals surface area (Å²) in [5.41, 5.74) is 2.01. The van der Waals surface area contributed by atoms with E-state index < -0.39 is 0 Å². The first-order chi connectivity index (χ1) is 15.8. The Labute approximate surface area is 190 Å². The SMILES string of the molecule is O=C(NC1CCCCCC1)c1ccc2ccnc(N3CCN(c4ccccc4)CC3)c2c1. The van der Waals surface area contributed by atoms with Gasteiger partial charge in [-0.15, -0.1) is 0 Å². The molecule has 1 aliphatic heterocycles. The molecule has 0 radical (unpaired) electrons. The molecule has 0 bridgehead atoms. The summed E-state index contributed by atoms with van der Waals surface area (Å²) in [6.07, 6.45) is 9.07. The molecule has 5 nitrogen and oxygen atoms in total. The number of hydrogen-bond donors (Lipinski definition) is 1. The first-order valence-electron chi connectivity index (χ1n) is 12.0. The Bertz CT molecular complexity index is 1050. The van der Waals surface area contributed by atoms with E-state index in [1.807, 2.05) is 24.4 Å². The predicted molar refractivity (Wildman–Crippen MR) is 132 cm³/mol. The summed E-state index contributed by atoms with van der Waals surface area (Å²) in [7, 11) is 0. The van der Waals surface area contributed by atoms with Crippen LogP contribution in [0.3, 0.4) is 0 Å². The van der Waals surface area contributed by atoms with E-state index in [0.29, 0.717) is 6.04 Å². The number of nitrogens with one attached hydrogen (secondary N) is 1. The highest BCUT2D eigenvalue weighted by Crippen LogP contribution is 2.28. The van der Waals surface area contributed by atoms with Gasteiger partial charge in [0.1, 0.15) is 5.82 Å². The number of aromatic nitrogens is 1. The smallest absolute Gasteiger partial charge is 0.251 e. The quantitative estimate of drug-likeness (QED) is 0.593. The number of para-hydroxylation sites is 1. The lowest BCUT2D eigenvalue weighted by Gasteiger charge is -2.37. The van der Waals surface area contributed by atoms with Crippen LogP contribution < -0.4 is 15.1 Å². The summed E-state index contributed by atoms with van der Waals surface area (Å²) in [4.78, 5) is 22.5. The molecule has 0 spiro atoms. The molecule has 2 aliphatic rings. The lowest BCUT2D eigenvalue weighted by atomic mass is 10.1. The van der Waals surface area contributed by atoms with Crippen LogP contribution in [0.1, 0.15) is 48.9 Å². The molecule has 1 N–H and O–H groups in total.